The van der Waals surface area contributed by atoms with Gasteiger partial charge in [-0.2, -0.15) is 5.10 Å². The smallest absolute Gasteiger partial charge is 0.264 e. The van der Waals surface area contributed by atoms with E-state index in [9.17, 15) is 9.59 Å². The molecule has 1 N–H and O–H groups in total. The zero-order valence-electron chi connectivity index (χ0n) is 18.5. The number of amides is 1. The van der Waals surface area contributed by atoms with Gasteiger partial charge in [0.1, 0.15) is 18.3 Å². The lowest BCUT2D eigenvalue weighted by atomic mass is 9.69. The third kappa shape index (κ3) is 4.18. The van der Waals surface area contributed by atoms with E-state index in [1.807, 2.05) is 36.4 Å². The monoisotopic (exact) mass is 441 g/mol. The highest BCUT2D eigenvalue weighted by Crippen LogP contribution is 2.38. The highest BCUT2D eigenvalue weighted by molar-refractivity contribution is 5.78. The van der Waals surface area contributed by atoms with Crippen molar-refractivity contribution in [1.29, 1.82) is 0 Å². The number of carbonyl (C=O) groups excluding carboxylic acids is 1. The molecule has 168 valence electrons. The standard InChI is InChI=1S/C26H27N5O2/c32-23(27-18-26(14-8-3-9-15-26)20-10-4-1-5-11-20)17-30-19-28-24-22(25(30)33)16-29-31(24)21-12-6-2-7-13-21/h1-2,4-7,10-13,16,19H,3,8-9,14-15,17-18H2,(H,27,32). The summed E-state index contributed by atoms with van der Waals surface area (Å²) in [6.45, 7) is 0.509. The molecule has 1 amide bonds. The van der Waals surface area contributed by atoms with Gasteiger partial charge in [-0.15, -0.1) is 0 Å². The highest BCUT2D eigenvalue weighted by Gasteiger charge is 2.34. The van der Waals surface area contributed by atoms with Crippen molar-refractivity contribution in [3.8, 4) is 5.69 Å². The van der Waals surface area contributed by atoms with E-state index < -0.39 is 0 Å². The summed E-state index contributed by atoms with van der Waals surface area (Å²) in [6, 6.07) is 20.0. The lowest BCUT2D eigenvalue weighted by Gasteiger charge is -2.38. The van der Waals surface area contributed by atoms with Crippen molar-refractivity contribution in [1.82, 2.24) is 24.6 Å². The molecule has 0 aliphatic heterocycles. The number of nitrogens with zero attached hydrogens (tertiary/aromatic N) is 4. The summed E-state index contributed by atoms with van der Waals surface area (Å²) in [7, 11) is 0. The number of fused-ring (bicyclic) bond motifs is 1. The third-order valence-corrected chi connectivity index (χ3v) is 6.69. The lowest BCUT2D eigenvalue weighted by molar-refractivity contribution is -0.122. The van der Waals surface area contributed by atoms with E-state index in [4.69, 9.17) is 0 Å². The maximum absolute atomic E-state index is 13.0. The Morgan fingerprint density at radius 1 is 0.970 bits per heavy atom. The minimum atomic E-state index is -0.271. The van der Waals surface area contributed by atoms with Crippen molar-refractivity contribution in [3.05, 3.63) is 89.1 Å². The van der Waals surface area contributed by atoms with Crippen LogP contribution in [0, 0.1) is 0 Å². The van der Waals surface area contributed by atoms with Gasteiger partial charge in [0.25, 0.3) is 5.56 Å². The Bertz CT molecular complexity index is 1310. The Labute approximate surface area is 192 Å². The van der Waals surface area contributed by atoms with Crippen LogP contribution in [0.15, 0.2) is 78.0 Å². The van der Waals surface area contributed by atoms with Crippen LogP contribution in [0.3, 0.4) is 0 Å². The molecule has 1 saturated carbocycles. The lowest BCUT2D eigenvalue weighted by Crippen LogP contribution is -2.43. The van der Waals surface area contributed by atoms with Crippen LogP contribution in [-0.2, 0) is 16.8 Å². The van der Waals surface area contributed by atoms with Crippen LogP contribution in [0.5, 0.6) is 0 Å². The Morgan fingerprint density at radius 3 is 2.39 bits per heavy atom. The van der Waals surface area contributed by atoms with E-state index in [1.165, 1.54) is 29.1 Å². The van der Waals surface area contributed by atoms with Crippen molar-refractivity contribution < 1.29 is 4.79 Å². The number of carbonyl (C=O) groups is 1. The number of para-hydroxylation sites is 1. The zero-order chi connectivity index (χ0) is 22.7. The Kier molecular flexibility index (Phi) is 5.77. The molecule has 7 nitrogen and oxygen atoms in total. The van der Waals surface area contributed by atoms with Gasteiger partial charge < -0.3 is 5.32 Å². The Morgan fingerprint density at radius 2 is 1.67 bits per heavy atom. The molecular weight excluding hydrogens is 414 g/mol. The molecule has 0 spiro atoms. The second-order valence-corrected chi connectivity index (χ2v) is 8.79. The molecule has 7 heteroatoms. The second-order valence-electron chi connectivity index (χ2n) is 8.79. The largest absolute Gasteiger partial charge is 0.354 e. The first-order chi connectivity index (χ1) is 16.2. The quantitative estimate of drug-likeness (QED) is 0.496. The molecule has 1 aliphatic rings. The number of hydrogen-bond acceptors (Lipinski definition) is 4. The van der Waals surface area contributed by atoms with Gasteiger partial charge in [0, 0.05) is 12.0 Å². The van der Waals surface area contributed by atoms with Gasteiger partial charge >= 0.3 is 0 Å². The number of hydrogen-bond donors (Lipinski definition) is 1. The predicted molar refractivity (Wildman–Crippen MR) is 127 cm³/mol. The summed E-state index contributed by atoms with van der Waals surface area (Å²) in [6.07, 6.45) is 8.62. The molecule has 4 aromatic rings. The normalized spacial score (nSPS) is 15.4. The fourth-order valence-corrected chi connectivity index (χ4v) is 4.89. The topological polar surface area (TPSA) is 81.8 Å². The van der Waals surface area contributed by atoms with E-state index in [-0.39, 0.29) is 23.4 Å². The molecule has 5 rings (SSSR count). The molecule has 1 aliphatic carbocycles. The summed E-state index contributed by atoms with van der Waals surface area (Å²) in [4.78, 5) is 30.2. The van der Waals surface area contributed by atoms with Crippen LogP contribution in [0.25, 0.3) is 16.7 Å². The molecule has 2 aromatic carbocycles. The molecule has 2 heterocycles. The van der Waals surface area contributed by atoms with Crippen LogP contribution in [0.1, 0.15) is 37.7 Å². The second kappa shape index (κ2) is 9.02. The Hall–Kier alpha value is -3.74. The summed E-state index contributed by atoms with van der Waals surface area (Å²) >= 11 is 0. The van der Waals surface area contributed by atoms with E-state index in [0.29, 0.717) is 17.6 Å². The molecule has 0 bridgehead atoms. The van der Waals surface area contributed by atoms with Crippen LogP contribution < -0.4 is 10.9 Å². The van der Waals surface area contributed by atoms with Gasteiger partial charge in [0.2, 0.25) is 5.91 Å². The van der Waals surface area contributed by atoms with Crippen LogP contribution in [0.4, 0.5) is 0 Å². The molecule has 2 aromatic heterocycles. The van der Waals surface area contributed by atoms with Crippen LogP contribution >= 0.6 is 0 Å². The minimum absolute atomic E-state index is 0.0425. The van der Waals surface area contributed by atoms with Gasteiger partial charge in [-0.3, -0.25) is 14.2 Å². The van der Waals surface area contributed by atoms with E-state index in [0.717, 1.165) is 31.4 Å². The Balaban J connectivity index is 1.33. The van der Waals surface area contributed by atoms with Gasteiger partial charge in [-0.25, -0.2) is 9.67 Å². The summed E-state index contributed by atoms with van der Waals surface area (Å²) in [5, 5.41) is 7.82. The molecule has 0 saturated heterocycles. The fourth-order valence-electron chi connectivity index (χ4n) is 4.89. The van der Waals surface area contributed by atoms with Gasteiger partial charge in [0.05, 0.1) is 11.9 Å². The van der Waals surface area contributed by atoms with Crippen molar-refractivity contribution in [3.63, 3.8) is 0 Å². The van der Waals surface area contributed by atoms with Gasteiger partial charge in [-0.05, 0) is 30.5 Å². The first-order valence-electron chi connectivity index (χ1n) is 11.5. The third-order valence-electron chi connectivity index (χ3n) is 6.69. The van der Waals surface area contributed by atoms with E-state index in [1.54, 1.807) is 4.68 Å². The van der Waals surface area contributed by atoms with Crippen LogP contribution in [0.2, 0.25) is 0 Å². The molecule has 1 fully saturated rings. The fraction of sp³-hybridized carbons (Fsp3) is 0.308. The number of benzene rings is 2. The maximum Gasteiger partial charge on any atom is 0.264 e. The molecular formula is C26H27N5O2. The first kappa shape index (κ1) is 21.1. The molecule has 0 radical (unpaired) electrons. The van der Waals surface area contributed by atoms with Crippen molar-refractivity contribution in [2.24, 2.45) is 0 Å². The van der Waals surface area contributed by atoms with Gasteiger partial charge in [-0.1, -0.05) is 67.8 Å². The van der Waals surface area contributed by atoms with E-state index in [2.05, 4.69) is 39.7 Å². The van der Waals surface area contributed by atoms with E-state index >= 15 is 0 Å². The predicted octanol–water partition coefficient (Wildman–Crippen LogP) is 3.60. The number of nitrogens with one attached hydrogen (secondary N) is 1. The number of aromatic nitrogens is 4. The highest BCUT2D eigenvalue weighted by atomic mass is 16.2. The van der Waals surface area contributed by atoms with Crippen molar-refractivity contribution >= 4 is 16.9 Å². The average molecular weight is 442 g/mol. The molecule has 0 unspecified atom stereocenters. The molecule has 33 heavy (non-hydrogen) atoms. The maximum atomic E-state index is 13.0. The summed E-state index contributed by atoms with van der Waals surface area (Å²) < 4.78 is 2.98. The minimum Gasteiger partial charge on any atom is -0.354 e. The average Bonchev–Trinajstić information content (AvgIpc) is 3.31. The SMILES string of the molecule is O=C(Cn1cnc2c(cnn2-c2ccccc2)c1=O)NCC1(c2ccccc2)CCCCC1. The summed E-state index contributed by atoms with van der Waals surface area (Å²) in [5.74, 6) is -0.186. The van der Waals surface area contributed by atoms with Crippen molar-refractivity contribution in [2.45, 2.75) is 44.1 Å². The summed E-state index contributed by atoms with van der Waals surface area (Å²) in [5.41, 5.74) is 2.27. The van der Waals surface area contributed by atoms with Crippen molar-refractivity contribution in [2.75, 3.05) is 6.54 Å². The number of rotatable bonds is 6. The zero-order valence-corrected chi connectivity index (χ0v) is 18.5. The first-order valence-corrected chi connectivity index (χ1v) is 11.5. The molecule has 0 atom stereocenters. The van der Waals surface area contributed by atoms with Gasteiger partial charge in [0.15, 0.2) is 5.65 Å². The van der Waals surface area contributed by atoms with Crippen LogP contribution in [-0.4, -0.2) is 31.8 Å².